The van der Waals surface area contributed by atoms with Crippen LogP contribution in [0.5, 0.6) is 11.5 Å². The molecule has 2 aliphatic heterocycles. The second kappa shape index (κ2) is 17.6. The number of para-hydroxylation sites is 1. The van der Waals surface area contributed by atoms with E-state index in [2.05, 4.69) is 246 Å². The molecule has 0 amide bonds. The van der Waals surface area contributed by atoms with Crippen LogP contribution >= 0.6 is 0 Å². The third-order valence-electron chi connectivity index (χ3n) is 14.9. The van der Waals surface area contributed by atoms with Gasteiger partial charge in [-0.2, -0.15) is 10.7 Å². The van der Waals surface area contributed by atoms with E-state index in [0.717, 1.165) is 44.4 Å². The van der Waals surface area contributed by atoms with Gasteiger partial charge in [-0.25, -0.2) is 9.58 Å². The van der Waals surface area contributed by atoms with E-state index in [0.29, 0.717) is 38.4 Å². The van der Waals surface area contributed by atoms with Crippen LogP contribution in [0.3, 0.4) is 0 Å². The number of benzene rings is 7. The summed E-state index contributed by atoms with van der Waals surface area (Å²) in [6, 6.07) is 61.3. The Morgan fingerprint density at radius 2 is 1.23 bits per heavy atom. The van der Waals surface area contributed by atoms with E-state index in [1.165, 1.54) is 56.0 Å². The molecule has 0 radical (unpaired) electrons. The smallest absolute Gasteiger partial charge is 0.225 e. The normalized spacial score (nSPS) is 17.3. The third kappa shape index (κ3) is 7.91. The van der Waals surface area contributed by atoms with Crippen LogP contribution in [0.1, 0.15) is 129 Å². The van der Waals surface area contributed by atoms with Crippen molar-refractivity contribution in [3.8, 4) is 39.6 Å². The van der Waals surface area contributed by atoms with Crippen molar-refractivity contribution < 1.29 is 25.8 Å². The van der Waals surface area contributed by atoms with Crippen LogP contribution in [-0.2, 0) is 31.9 Å². The Balaban J connectivity index is 0.00000582. The van der Waals surface area contributed by atoms with Crippen LogP contribution in [-0.4, -0.2) is 9.55 Å². The maximum Gasteiger partial charge on any atom is 0.225 e. The predicted molar refractivity (Wildman–Crippen MR) is 293 cm³/mol. The van der Waals surface area contributed by atoms with Crippen molar-refractivity contribution in [1.82, 2.24) is 18.7 Å². The number of ether oxygens (including phenoxy) is 1. The van der Waals surface area contributed by atoms with Crippen LogP contribution in [0, 0.1) is 18.8 Å². The van der Waals surface area contributed by atoms with E-state index in [1.807, 2.05) is 12.3 Å². The van der Waals surface area contributed by atoms with Crippen molar-refractivity contribution in [2.75, 3.05) is 0 Å². The minimum atomic E-state index is -0.0364. The van der Waals surface area contributed by atoms with Crippen LogP contribution in [0.25, 0.3) is 49.9 Å². The summed E-state index contributed by atoms with van der Waals surface area (Å²) in [5.41, 5.74) is 18.3. The molecule has 1 unspecified atom stereocenters. The van der Waals surface area contributed by atoms with Crippen molar-refractivity contribution in [1.29, 1.82) is 0 Å². The van der Waals surface area contributed by atoms with E-state index in [-0.39, 0.29) is 31.9 Å². The van der Waals surface area contributed by atoms with Gasteiger partial charge in [0.05, 0.1) is 5.69 Å². The van der Waals surface area contributed by atoms with Gasteiger partial charge in [-0.1, -0.05) is 180 Å². The molecule has 7 aromatic carbocycles. The Bertz CT molecular complexity index is 3490. The van der Waals surface area contributed by atoms with Gasteiger partial charge in [0, 0.05) is 68.5 Å². The number of hydrogen-bond donors (Lipinski definition) is 0. The summed E-state index contributed by atoms with van der Waals surface area (Å²) < 4.78 is 10.3. The molecule has 1 saturated heterocycles. The zero-order valence-corrected chi connectivity index (χ0v) is 45.5. The molecule has 6 heteroatoms. The standard InChI is InChI=1S/C65H65N4O.Pt/c1-41(2)46-34-56(42(3)4)63(57(35-46)43(5)6)45-21-18-22-50(31-45)68-40-69(68,61-36-48(64(7,8)9)25-28-60(61)68)51-32-47(44-19-14-13-15-20-44)33-53(38-51)70-52-26-27-55-54-23-16-17-24-58(54)67(59(55)39-52)62-37-49(29-30-66-62)65(10,11)12;/h13-37,40-43H,1-12H3;/q-1;/t68-,69?;/m0./s1. The van der Waals surface area contributed by atoms with E-state index < -0.39 is 0 Å². The molecule has 4 heterocycles. The summed E-state index contributed by atoms with van der Waals surface area (Å²) in [4.78, 5) is 4.93. The van der Waals surface area contributed by atoms with Crippen LogP contribution in [0.15, 0.2) is 152 Å². The topological polar surface area (TPSA) is 27.1 Å². The molecule has 5 nitrogen and oxygen atoms in total. The molecule has 0 bridgehead atoms. The number of fused-ring (bicyclic) bond motifs is 7. The van der Waals surface area contributed by atoms with Gasteiger partial charge in [0.15, 0.2) is 12.4 Å². The Kier molecular flexibility index (Phi) is 12.0. The number of hydrogen-bond acceptors (Lipinski definition) is 2. The first kappa shape index (κ1) is 48.5. The molecule has 0 aliphatic carbocycles. The molecule has 1 fully saturated rings. The molecule has 2 atom stereocenters. The molecule has 362 valence electrons. The molecule has 71 heavy (non-hydrogen) atoms. The molecule has 11 rings (SSSR count). The first-order valence-electron chi connectivity index (χ1n) is 25.2. The Morgan fingerprint density at radius 3 is 1.92 bits per heavy atom. The first-order valence-corrected chi connectivity index (χ1v) is 25.2. The monoisotopic (exact) mass is 1110 g/mol. The maximum absolute atomic E-state index is 7.04. The molecule has 0 spiro atoms. The molecular weight excluding hydrogens is 1050 g/mol. The van der Waals surface area contributed by atoms with E-state index >= 15 is 0 Å². The van der Waals surface area contributed by atoms with Gasteiger partial charge in [0.2, 0.25) is 11.4 Å². The van der Waals surface area contributed by atoms with Crippen molar-refractivity contribution in [3.05, 3.63) is 198 Å². The first-order chi connectivity index (χ1) is 33.4. The number of rotatable bonds is 10. The van der Waals surface area contributed by atoms with Crippen molar-refractivity contribution in [2.24, 2.45) is 0 Å². The van der Waals surface area contributed by atoms with Crippen molar-refractivity contribution in [3.63, 3.8) is 0 Å². The molecule has 2 aromatic heterocycles. The van der Waals surface area contributed by atoms with Crippen LogP contribution in [0.4, 0.5) is 22.7 Å². The molecule has 9 aromatic rings. The van der Waals surface area contributed by atoms with Gasteiger partial charge in [-0.3, -0.25) is 0 Å². The average molecular weight is 1110 g/mol. The summed E-state index contributed by atoms with van der Waals surface area (Å²) in [5, 5.41) is 2.24. The van der Waals surface area contributed by atoms with Gasteiger partial charge < -0.3 is 9.30 Å². The average Bonchev–Trinajstić information content (AvgIpc) is 3.83. The Hall–Kier alpha value is -6.10. The zero-order chi connectivity index (χ0) is 49.1. The number of pyridine rings is 1. The Labute approximate surface area is 436 Å². The summed E-state index contributed by atoms with van der Waals surface area (Å²) in [6.07, 6.45) is 1.92. The third-order valence-corrected chi connectivity index (χ3v) is 14.9. The summed E-state index contributed by atoms with van der Waals surface area (Å²) >= 11 is 0. The van der Waals surface area contributed by atoms with Gasteiger partial charge in [0.1, 0.15) is 5.82 Å². The van der Waals surface area contributed by atoms with Gasteiger partial charge in [-0.05, 0) is 96.7 Å². The predicted octanol–water partition coefficient (Wildman–Crippen LogP) is 18.2. The van der Waals surface area contributed by atoms with E-state index in [9.17, 15) is 0 Å². The second-order valence-electron chi connectivity index (χ2n) is 22.7. The van der Waals surface area contributed by atoms with Gasteiger partial charge in [0.25, 0.3) is 0 Å². The van der Waals surface area contributed by atoms with Crippen LogP contribution in [0.2, 0.25) is 0 Å². The number of quaternary nitrogens is 2. The van der Waals surface area contributed by atoms with Crippen molar-refractivity contribution >= 4 is 44.6 Å². The Morgan fingerprint density at radius 1 is 0.549 bits per heavy atom. The molecular formula is C65H65N4OPt-. The van der Waals surface area contributed by atoms with E-state index in [1.54, 1.807) is 0 Å². The van der Waals surface area contributed by atoms with Gasteiger partial charge >= 0.3 is 0 Å². The zero-order valence-electron chi connectivity index (χ0n) is 43.3. The second-order valence-corrected chi connectivity index (χ2v) is 22.7. The minimum absolute atomic E-state index is 0. The summed E-state index contributed by atoms with van der Waals surface area (Å²) in [6.45, 7) is 30.1. The quantitative estimate of drug-likeness (QED) is 0.0775. The number of nitrogens with zero attached hydrogens (tertiary/aromatic N) is 4. The molecule has 2 aliphatic rings. The fourth-order valence-corrected chi connectivity index (χ4v) is 11.0. The van der Waals surface area contributed by atoms with Crippen molar-refractivity contribution in [2.45, 2.75) is 112 Å². The number of aromatic nitrogens is 2. The fourth-order valence-electron chi connectivity index (χ4n) is 11.0. The summed E-state index contributed by atoms with van der Waals surface area (Å²) in [5.74, 6) is 3.30. The minimum Gasteiger partial charge on any atom is -0.509 e. The van der Waals surface area contributed by atoms with E-state index in [4.69, 9.17) is 9.72 Å². The van der Waals surface area contributed by atoms with Crippen LogP contribution < -0.4 is 13.9 Å². The molecule has 0 N–H and O–H groups in total. The largest absolute Gasteiger partial charge is 0.509 e. The van der Waals surface area contributed by atoms with Gasteiger partial charge in [-0.15, -0.1) is 29.1 Å². The fraction of sp³-hybridized carbons (Fsp3) is 0.262. The maximum atomic E-state index is 7.04. The summed E-state index contributed by atoms with van der Waals surface area (Å²) in [7, 11) is 0. The molecule has 0 saturated carbocycles. The SMILES string of the molecule is CC(C)c1cc(C(C)C)c(-c2cccc([N@+]34[CH-][N+]3(c3[c-]c(Oc5[c-]c6c(cc5)c5ccccc5n6-c5cc(C(C)(C)C)ccn5)cc(-c5ccccc5)c3)c3cc(C(C)(C)C)ccc34)c2)c(C(C)C)c1.[Pt].